The molecule has 4 rings (SSSR count). The van der Waals surface area contributed by atoms with E-state index in [1.807, 2.05) is 0 Å². The van der Waals surface area contributed by atoms with Crippen molar-refractivity contribution in [1.82, 2.24) is 19.5 Å². The number of aromatic nitrogens is 4. The number of rotatable bonds is 8. The Kier molecular flexibility index (Phi) is 6.93. The van der Waals surface area contributed by atoms with Gasteiger partial charge in [0.25, 0.3) is 0 Å². The van der Waals surface area contributed by atoms with Crippen LogP contribution in [0.25, 0.3) is 11.2 Å². The van der Waals surface area contributed by atoms with Gasteiger partial charge in [0.2, 0.25) is 11.7 Å². The second kappa shape index (κ2) is 9.79. The molecule has 6 atom stereocenters. The number of carbonyl (C=O) groups is 1. The van der Waals surface area contributed by atoms with E-state index in [-0.39, 0.29) is 41.0 Å². The summed E-state index contributed by atoms with van der Waals surface area (Å²) in [6.07, 6.45) is -2.20. The molecule has 1 fully saturated rings. The van der Waals surface area contributed by atoms with Crippen LogP contribution in [0.15, 0.2) is 35.3 Å². The van der Waals surface area contributed by atoms with Crippen LogP contribution in [-0.2, 0) is 9.53 Å². The maximum Gasteiger partial charge on any atom is 0.395 e. The molecule has 1 aliphatic heterocycles. The van der Waals surface area contributed by atoms with Crippen LogP contribution in [0.4, 0.5) is 11.8 Å². The minimum absolute atomic E-state index is 0.0407. The van der Waals surface area contributed by atoms with Crippen LogP contribution in [0.2, 0.25) is 0 Å². The predicted molar refractivity (Wildman–Crippen MR) is 124 cm³/mol. The normalized spacial score (nSPS) is 25.1. The summed E-state index contributed by atoms with van der Waals surface area (Å²) in [6, 6.07) is 4.97. The lowest BCUT2D eigenvalue weighted by molar-refractivity contribution is -0.169. The first kappa shape index (κ1) is 25.5. The molecule has 0 radical (unpaired) electrons. The lowest BCUT2D eigenvalue weighted by atomic mass is 9.96. The Balaban J connectivity index is 1.52. The van der Waals surface area contributed by atoms with Crippen molar-refractivity contribution in [2.45, 2.75) is 43.9 Å². The van der Waals surface area contributed by atoms with Crippen molar-refractivity contribution in [3.63, 3.8) is 0 Å². The molecular weight excluding hydrogens is 497 g/mol. The van der Waals surface area contributed by atoms with E-state index in [0.29, 0.717) is 0 Å². The van der Waals surface area contributed by atoms with Crippen LogP contribution in [-0.4, -0.2) is 71.3 Å². The van der Waals surface area contributed by atoms with Gasteiger partial charge in [-0.3, -0.25) is 9.09 Å². The largest absolute Gasteiger partial charge is 0.575 e. The smallest absolute Gasteiger partial charge is 0.395 e. The molecule has 1 aromatic carbocycles. The summed E-state index contributed by atoms with van der Waals surface area (Å²) in [6.45, 7) is 2.41. The number of carboxylic acid groups (broad SMARTS) is 1. The molecule has 2 unspecified atom stereocenters. The fraction of sp³-hybridized carbons (Fsp3) is 0.400. The standard InChI is InChI=1S/C20H24N7O8P/c1-9(17(29)30)26-36(32)35-11-6-4-3-5-10(11)33-7-12-14(28)20(2,31)18(34-12)27-8-23-13-15(21)24-19(22)25-16(13)27/h3-6,8-9,12,14,18,28,31H,7H2,1-2H3,(H,29,30)(H4,21,22,24,25)/t9?,12-,14-,18-,20-/m1/s1. The Morgan fingerprint density at radius 3 is 2.75 bits per heavy atom. The van der Waals surface area contributed by atoms with Crippen molar-refractivity contribution in [1.29, 1.82) is 0 Å². The van der Waals surface area contributed by atoms with Crippen molar-refractivity contribution in [2.24, 2.45) is 4.74 Å². The lowest BCUT2D eigenvalue weighted by Crippen LogP contribution is -2.44. The fourth-order valence-corrected chi connectivity index (χ4v) is 4.37. The van der Waals surface area contributed by atoms with E-state index >= 15 is 0 Å². The zero-order valence-corrected chi connectivity index (χ0v) is 20.0. The van der Waals surface area contributed by atoms with E-state index < -0.39 is 44.2 Å². The number of aliphatic hydroxyl groups excluding tert-OH is 1. The molecule has 0 aliphatic carbocycles. The van der Waals surface area contributed by atoms with Gasteiger partial charge in [0.1, 0.15) is 29.9 Å². The Labute approximate surface area is 204 Å². The highest BCUT2D eigenvalue weighted by Crippen LogP contribution is 2.41. The van der Waals surface area contributed by atoms with E-state index in [0.717, 1.165) is 0 Å². The molecule has 1 saturated heterocycles. The van der Waals surface area contributed by atoms with E-state index in [1.165, 1.54) is 36.9 Å². The van der Waals surface area contributed by atoms with Gasteiger partial charge in [-0.05, 0) is 26.0 Å². The van der Waals surface area contributed by atoms with E-state index in [2.05, 4.69) is 19.7 Å². The Morgan fingerprint density at radius 1 is 1.36 bits per heavy atom. The molecule has 0 amide bonds. The third-order valence-corrected chi connectivity index (χ3v) is 6.41. The number of benzene rings is 1. The summed E-state index contributed by atoms with van der Waals surface area (Å²) >= 11 is 0. The highest BCUT2D eigenvalue weighted by atomic mass is 31.1. The number of anilines is 2. The molecule has 0 spiro atoms. The van der Waals surface area contributed by atoms with Crippen molar-refractivity contribution < 1.29 is 39.0 Å². The first-order chi connectivity index (χ1) is 17.0. The third kappa shape index (κ3) is 4.87. The van der Waals surface area contributed by atoms with Crippen LogP contribution in [0, 0.1) is 0 Å². The SMILES string of the molecule is CC(N=[P+]([O-])Oc1ccccc1OC[C@H]1O[C@@H](n2cnc3c(N)nc(N)nc32)[C@](C)(O)[C@@H]1O)C(=O)O. The summed E-state index contributed by atoms with van der Waals surface area (Å²) in [5.74, 6) is -1.12. The van der Waals surface area contributed by atoms with Crippen molar-refractivity contribution in [2.75, 3.05) is 18.1 Å². The number of hydrogen-bond acceptors (Lipinski definition) is 13. The highest BCUT2D eigenvalue weighted by molar-refractivity contribution is 7.34. The van der Waals surface area contributed by atoms with Gasteiger partial charge in [-0.2, -0.15) is 9.97 Å². The number of nitrogen functional groups attached to an aromatic ring is 2. The van der Waals surface area contributed by atoms with Crippen molar-refractivity contribution in [3.05, 3.63) is 30.6 Å². The van der Waals surface area contributed by atoms with Crippen LogP contribution >= 0.6 is 8.17 Å². The first-order valence-corrected chi connectivity index (χ1v) is 11.7. The molecule has 192 valence electrons. The fourth-order valence-electron chi connectivity index (χ4n) is 3.62. The number of carboxylic acids is 1. The van der Waals surface area contributed by atoms with Crippen LogP contribution in [0.3, 0.4) is 0 Å². The third-order valence-electron chi connectivity index (χ3n) is 5.53. The summed E-state index contributed by atoms with van der Waals surface area (Å²) < 4.78 is 21.8. The molecule has 0 saturated carbocycles. The molecule has 7 N–H and O–H groups in total. The monoisotopic (exact) mass is 521 g/mol. The minimum Gasteiger partial charge on any atom is -0.575 e. The number of aliphatic hydroxyl groups is 2. The molecular formula is C20H24N7O8P. The van der Waals surface area contributed by atoms with E-state index in [9.17, 15) is 19.9 Å². The number of hydrogen-bond donors (Lipinski definition) is 5. The van der Waals surface area contributed by atoms with Gasteiger partial charge < -0.3 is 41.2 Å². The van der Waals surface area contributed by atoms with Gasteiger partial charge in [-0.25, -0.2) is 9.78 Å². The Morgan fingerprint density at radius 2 is 2.06 bits per heavy atom. The lowest BCUT2D eigenvalue weighted by Gasteiger charge is -2.27. The molecule has 3 heterocycles. The van der Waals surface area contributed by atoms with E-state index in [1.54, 1.807) is 12.1 Å². The number of imidazole rings is 1. The van der Waals surface area contributed by atoms with Gasteiger partial charge in [0, 0.05) is 0 Å². The zero-order chi connectivity index (χ0) is 26.2. The topological polar surface area (TPSA) is 237 Å². The van der Waals surface area contributed by atoms with Crippen LogP contribution < -0.4 is 25.6 Å². The van der Waals surface area contributed by atoms with E-state index in [4.69, 9.17) is 30.6 Å². The average Bonchev–Trinajstić information content (AvgIpc) is 3.31. The van der Waals surface area contributed by atoms with Crippen molar-refractivity contribution in [3.8, 4) is 11.5 Å². The summed E-state index contributed by atoms with van der Waals surface area (Å²) in [5, 5.41) is 30.8. The molecule has 16 heteroatoms. The molecule has 3 aromatic rings. The summed E-state index contributed by atoms with van der Waals surface area (Å²) in [4.78, 5) is 35.1. The Hall–Kier alpha value is -3.62. The van der Waals surface area contributed by atoms with Gasteiger partial charge in [0.15, 0.2) is 29.5 Å². The second-order valence-electron chi connectivity index (χ2n) is 8.21. The molecule has 36 heavy (non-hydrogen) atoms. The van der Waals surface area contributed by atoms with Gasteiger partial charge >= 0.3 is 14.1 Å². The second-order valence-corrected chi connectivity index (χ2v) is 9.09. The molecule has 15 nitrogen and oxygen atoms in total. The quantitative estimate of drug-likeness (QED) is 0.241. The number of para-hydroxylation sites is 2. The maximum atomic E-state index is 12.1. The first-order valence-electron chi connectivity index (χ1n) is 10.6. The highest BCUT2D eigenvalue weighted by Gasteiger charge is 2.53. The average molecular weight is 521 g/mol. The number of nitrogens with zero attached hydrogens (tertiary/aromatic N) is 5. The maximum absolute atomic E-state index is 12.1. The number of nitrogens with two attached hydrogens (primary N) is 2. The van der Waals surface area contributed by atoms with Gasteiger partial charge in [0.05, 0.1) is 6.33 Å². The minimum atomic E-state index is -2.69. The summed E-state index contributed by atoms with van der Waals surface area (Å²) in [7, 11) is -2.69. The Bertz CT molecular complexity index is 1320. The van der Waals surface area contributed by atoms with Gasteiger partial charge in [-0.1, -0.05) is 16.9 Å². The number of aliphatic carboxylic acids is 1. The summed E-state index contributed by atoms with van der Waals surface area (Å²) in [5.41, 5.74) is 10.2. The number of ether oxygens (including phenoxy) is 2. The van der Waals surface area contributed by atoms with Crippen molar-refractivity contribution >= 4 is 37.1 Å². The molecule has 1 aliphatic rings. The van der Waals surface area contributed by atoms with Crippen LogP contribution in [0.5, 0.6) is 11.5 Å². The zero-order valence-electron chi connectivity index (χ0n) is 19.1. The van der Waals surface area contributed by atoms with Crippen LogP contribution in [0.1, 0.15) is 20.1 Å². The molecule has 0 bridgehead atoms. The molecule has 2 aromatic heterocycles. The number of fused-ring (bicyclic) bond motifs is 1. The van der Waals surface area contributed by atoms with Gasteiger partial charge in [-0.15, -0.1) is 0 Å². The predicted octanol–water partition coefficient (Wildman–Crippen LogP) is -0.213.